The molecule has 18 heavy (non-hydrogen) atoms. The van der Waals surface area contributed by atoms with Crippen molar-refractivity contribution in [3.8, 4) is 0 Å². The van der Waals surface area contributed by atoms with E-state index in [2.05, 4.69) is 10.1 Å². The monoisotopic (exact) mass is 257 g/mol. The molecule has 0 saturated carbocycles. The van der Waals surface area contributed by atoms with E-state index in [4.69, 9.17) is 0 Å². The lowest BCUT2D eigenvalue weighted by Crippen LogP contribution is -2.15. The van der Waals surface area contributed by atoms with Crippen molar-refractivity contribution in [2.24, 2.45) is 0 Å². The highest BCUT2D eigenvalue weighted by molar-refractivity contribution is 5.92. The highest BCUT2D eigenvalue weighted by Crippen LogP contribution is 2.15. The molecule has 0 aliphatic carbocycles. The zero-order valence-electron chi connectivity index (χ0n) is 9.83. The van der Waals surface area contributed by atoms with Crippen molar-refractivity contribution in [1.29, 1.82) is 0 Å². The summed E-state index contributed by atoms with van der Waals surface area (Å²) in [5, 5.41) is 2.25. The number of halogens is 2. The molecule has 0 radical (unpaired) electrons. The lowest BCUT2D eigenvalue weighted by atomic mass is 10.2. The van der Waals surface area contributed by atoms with Crippen LogP contribution in [0.25, 0.3) is 0 Å². The fraction of sp³-hybridized carbons (Fsp3) is 0.333. The van der Waals surface area contributed by atoms with Gasteiger partial charge in [-0.15, -0.1) is 0 Å². The molecule has 1 amide bonds. The van der Waals surface area contributed by atoms with Crippen LogP contribution in [-0.2, 0) is 14.3 Å². The molecule has 0 bridgehead atoms. The smallest absolute Gasteiger partial charge is 0.306 e. The van der Waals surface area contributed by atoms with Gasteiger partial charge in [-0.3, -0.25) is 9.59 Å². The number of anilines is 1. The van der Waals surface area contributed by atoms with Crippen molar-refractivity contribution in [2.75, 3.05) is 11.9 Å². The number of carbonyl (C=O) groups is 2. The Kier molecular flexibility index (Phi) is 5.23. The van der Waals surface area contributed by atoms with E-state index in [0.717, 1.165) is 12.1 Å². The molecule has 0 fully saturated rings. The zero-order chi connectivity index (χ0) is 13.5. The SMILES string of the molecule is CCOC(=O)CCC(=O)Nc1ccc(F)cc1F. The predicted octanol–water partition coefficient (Wildman–Crippen LogP) is 2.25. The summed E-state index contributed by atoms with van der Waals surface area (Å²) in [5.74, 6) is -2.61. The minimum absolute atomic E-state index is 0.0809. The summed E-state index contributed by atoms with van der Waals surface area (Å²) in [6, 6.07) is 2.82. The van der Waals surface area contributed by atoms with E-state index >= 15 is 0 Å². The first kappa shape index (κ1) is 14.1. The third-order valence-corrected chi connectivity index (χ3v) is 2.07. The van der Waals surface area contributed by atoms with Gasteiger partial charge < -0.3 is 10.1 Å². The van der Waals surface area contributed by atoms with E-state index in [-0.39, 0.29) is 25.1 Å². The summed E-state index contributed by atoms with van der Waals surface area (Å²) in [5.41, 5.74) is -0.120. The number of hydrogen-bond acceptors (Lipinski definition) is 3. The second-order valence-corrected chi connectivity index (χ2v) is 3.48. The van der Waals surface area contributed by atoms with Gasteiger partial charge in [0.25, 0.3) is 0 Å². The van der Waals surface area contributed by atoms with Crippen molar-refractivity contribution >= 4 is 17.6 Å². The van der Waals surface area contributed by atoms with Crippen LogP contribution in [0.3, 0.4) is 0 Å². The van der Waals surface area contributed by atoms with Crippen LogP contribution >= 0.6 is 0 Å². The third-order valence-electron chi connectivity index (χ3n) is 2.07. The maximum absolute atomic E-state index is 13.2. The average Bonchev–Trinajstić information content (AvgIpc) is 2.31. The minimum Gasteiger partial charge on any atom is -0.466 e. The summed E-state index contributed by atoms with van der Waals surface area (Å²) in [4.78, 5) is 22.4. The second-order valence-electron chi connectivity index (χ2n) is 3.48. The lowest BCUT2D eigenvalue weighted by Gasteiger charge is -2.06. The van der Waals surface area contributed by atoms with Gasteiger partial charge in [0, 0.05) is 12.5 Å². The molecule has 1 rings (SSSR count). The van der Waals surface area contributed by atoms with Gasteiger partial charge in [0.2, 0.25) is 5.91 Å². The maximum atomic E-state index is 13.2. The predicted molar refractivity (Wildman–Crippen MR) is 60.9 cm³/mol. The molecular weight excluding hydrogens is 244 g/mol. The van der Waals surface area contributed by atoms with Crippen LogP contribution in [0.2, 0.25) is 0 Å². The second kappa shape index (κ2) is 6.68. The van der Waals surface area contributed by atoms with Gasteiger partial charge in [-0.25, -0.2) is 8.78 Å². The van der Waals surface area contributed by atoms with Gasteiger partial charge in [-0.2, -0.15) is 0 Å². The molecule has 1 aromatic carbocycles. The highest BCUT2D eigenvalue weighted by atomic mass is 19.1. The summed E-state index contributed by atoms with van der Waals surface area (Å²) in [6.07, 6.45) is -0.196. The Bertz CT molecular complexity index is 449. The van der Waals surface area contributed by atoms with Crippen LogP contribution in [-0.4, -0.2) is 18.5 Å². The largest absolute Gasteiger partial charge is 0.466 e. The maximum Gasteiger partial charge on any atom is 0.306 e. The first-order valence-electron chi connectivity index (χ1n) is 5.43. The molecule has 0 aromatic heterocycles. The van der Waals surface area contributed by atoms with Crippen LogP contribution in [0.1, 0.15) is 19.8 Å². The topological polar surface area (TPSA) is 55.4 Å². The zero-order valence-corrected chi connectivity index (χ0v) is 9.83. The molecule has 1 aromatic rings. The number of hydrogen-bond donors (Lipinski definition) is 1. The summed E-state index contributed by atoms with van der Waals surface area (Å²) >= 11 is 0. The fourth-order valence-corrected chi connectivity index (χ4v) is 1.25. The number of nitrogens with one attached hydrogen (secondary N) is 1. The first-order valence-corrected chi connectivity index (χ1v) is 5.43. The van der Waals surface area contributed by atoms with E-state index < -0.39 is 23.5 Å². The number of ether oxygens (including phenoxy) is 1. The van der Waals surface area contributed by atoms with Crippen molar-refractivity contribution in [2.45, 2.75) is 19.8 Å². The minimum atomic E-state index is -0.862. The molecule has 0 atom stereocenters. The van der Waals surface area contributed by atoms with E-state index in [0.29, 0.717) is 6.07 Å². The van der Waals surface area contributed by atoms with E-state index in [1.165, 1.54) is 0 Å². The normalized spacial score (nSPS) is 9.94. The molecule has 0 unspecified atom stereocenters. The molecule has 6 heteroatoms. The molecule has 1 N–H and O–H groups in total. The number of rotatable bonds is 5. The van der Waals surface area contributed by atoms with Gasteiger partial charge >= 0.3 is 5.97 Å². The molecule has 0 heterocycles. The Labute approximate surface area is 103 Å². The Balaban J connectivity index is 2.47. The lowest BCUT2D eigenvalue weighted by molar-refractivity contribution is -0.144. The standard InChI is InChI=1S/C12H13F2NO3/c1-2-18-12(17)6-5-11(16)15-10-4-3-8(13)7-9(10)14/h3-4,7H,2,5-6H2,1H3,(H,15,16). The summed E-state index contributed by atoms with van der Waals surface area (Å²) in [7, 11) is 0. The van der Waals surface area contributed by atoms with Crippen molar-refractivity contribution in [3.05, 3.63) is 29.8 Å². The van der Waals surface area contributed by atoms with Gasteiger partial charge in [-0.1, -0.05) is 0 Å². The Morgan fingerprint density at radius 1 is 1.28 bits per heavy atom. The highest BCUT2D eigenvalue weighted by Gasteiger charge is 2.10. The van der Waals surface area contributed by atoms with Gasteiger partial charge in [0.05, 0.1) is 18.7 Å². The third kappa shape index (κ3) is 4.48. The van der Waals surface area contributed by atoms with E-state index in [9.17, 15) is 18.4 Å². The van der Waals surface area contributed by atoms with Crippen molar-refractivity contribution in [1.82, 2.24) is 0 Å². The van der Waals surface area contributed by atoms with Crippen LogP contribution in [0.5, 0.6) is 0 Å². The summed E-state index contributed by atoms with van der Waals surface area (Å²) < 4.78 is 30.4. The molecule has 0 saturated heterocycles. The van der Waals surface area contributed by atoms with Crippen LogP contribution < -0.4 is 5.32 Å². The average molecular weight is 257 g/mol. The molecule has 0 aliphatic heterocycles. The van der Waals surface area contributed by atoms with E-state index in [1.807, 2.05) is 0 Å². The molecule has 98 valence electrons. The van der Waals surface area contributed by atoms with Crippen molar-refractivity contribution < 1.29 is 23.1 Å². The number of esters is 1. The first-order chi connectivity index (χ1) is 8.52. The number of carbonyl (C=O) groups excluding carboxylic acids is 2. The van der Waals surface area contributed by atoms with Gasteiger partial charge in [0.1, 0.15) is 11.6 Å². The molecule has 0 spiro atoms. The van der Waals surface area contributed by atoms with Crippen LogP contribution in [0, 0.1) is 11.6 Å². The van der Waals surface area contributed by atoms with E-state index in [1.54, 1.807) is 6.92 Å². The van der Waals surface area contributed by atoms with Gasteiger partial charge in [0.15, 0.2) is 0 Å². The van der Waals surface area contributed by atoms with Gasteiger partial charge in [-0.05, 0) is 19.1 Å². The Hall–Kier alpha value is -1.98. The number of amides is 1. The number of benzene rings is 1. The molecular formula is C12H13F2NO3. The molecule has 0 aliphatic rings. The Morgan fingerprint density at radius 3 is 2.61 bits per heavy atom. The Morgan fingerprint density at radius 2 is 2.00 bits per heavy atom. The van der Waals surface area contributed by atoms with Crippen molar-refractivity contribution in [3.63, 3.8) is 0 Å². The van der Waals surface area contributed by atoms with Crippen LogP contribution in [0.4, 0.5) is 14.5 Å². The van der Waals surface area contributed by atoms with Crippen LogP contribution in [0.15, 0.2) is 18.2 Å². The summed E-state index contributed by atoms with van der Waals surface area (Å²) in [6.45, 7) is 1.90. The fourth-order valence-electron chi connectivity index (χ4n) is 1.25. The quantitative estimate of drug-likeness (QED) is 0.823. The molecule has 4 nitrogen and oxygen atoms in total.